The van der Waals surface area contributed by atoms with Crippen molar-refractivity contribution in [3.05, 3.63) is 28.5 Å². The first-order valence-electron chi connectivity index (χ1n) is 6.32. The summed E-state index contributed by atoms with van der Waals surface area (Å²) in [5.41, 5.74) is 0.0188. The second-order valence-electron chi connectivity index (χ2n) is 4.51. The highest BCUT2D eigenvalue weighted by molar-refractivity contribution is 9.10. The number of carbonyl (C=O) groups excluding carboxylic acids is 1. The number of aliphatic carboxylic acids is 1. The lowest BCUT2D eigenvalue weighted by molar-refractivity contribution is -0.141. The third-order valence-electron chi connectivity index (χ3n) is 3.13. The Kier molecular flexibility index (Phi) is 5.10. The van der Waals surface area contributed by atoms with E-state index in [0.717, 1.165) is 0 Å². The lowest BCUT2D eigenvalue weighted by Gasteiger charge is -2.26. The fourth-order valence-electron chi connectivity index (χ4n) is 2.11. The second kappa shape index (κ2) is 6.65. The first kappa shape index (κ1) is 16.1. The first-order valence-corrected chi connectivity index (χ1v) is 8.17. The van der Waals surface area contributed by atoms with Gasteiger partial charge in [0.2, 0.25) is 0 Å². The van der Waals surface area contributed by atoms with Gasteiger partial charge in [-0.05, 0) is 24.6 Å². The lowest BCUT2D eigenvalue weighted by Crippen LogP contribution is -2.47. The molecule has 114 valence electrons. The predicted octanol–water partition coefficient (Wildman–Crippen LogP) is 3.36. The molecule has 5 nitrogen and oxygen atoms in total. The number of amides is 2. The Morgan fingerprint density at radius 1 is 1.57 bits per heavy atom. The van der Waals surface area contributed by atoms with Gasteiger partial charge in [0.1, 0.15) is 11.9 Å². The number of hydrogen-bond donors (Lipinski definition) is 2. The number of carboxylic acid groups (broad SMARTS) is 1. The van der Waals surface area contributed by atoms with E-state index in [0.29, 0.717) is 16.6 Å². The summed E-state index contributed by atoms with van der Waals surface area (Å²) in [7, 11) is 0. The molecule has 21 heavy (non-hydrogen) atoms. The minimum atomic E-state index is -1.05. The van der Waals surface area contributed by atoms with Crippen molar-refractivity contribution in [2.75, 3.05) is 11.1 Å². The van der Waals surface area contributed by atoms with Crippen LogP contribution in [0.4, 0.5) is 14.9 Å². The maximum Gasteiger partial charge on any atom is 0.327 e. The molecular weight excluding hydrogens is 363 g/mol. The molecule has 2 atom stereocenters. The molecule has 1 aromatic rings. The van der Waals surface area contributed by atoms with Gasteiger partial charge in [-0.1, -0.05) is 22.9 Å². The minimum absolute atomic E-state index is 0.0188. The van der Waals surface area contributed by atoms with Crippen molar-refractivity contribution < 1.29 is 19.1 Å². The highest BCUT2D eigenvalue weighted by atomic mass is 79.9. The van der Waals surface area contributed by atoms with Crippen molar-refractivity contribution in [1.82, 2.24) is 4.90 Å². The van der Waals surface area contributed by atoms with Gasteiger partial charge in [0, 0.05) is 10.2 Å². The van der Waals surface area contributed by atoms with E-state index >= 15 is 0 Å². The monoisotopic (exact) mass is 376 g/mol. The van der Waals surface area contributed by atoms with E-state index in [1.165, 1.54) is 34.9 Å². The third kappa shape index (κ3) is 3.49. The Labute approximate surface area is 134 Å². The number of benzene rings is 1. The van der Waals surface area contributed by atoms with Crippen LogP contribution >= 0.6 is 27.7 Å². The highest BCUT2D eigenvalue weighted by Gasteiger charge is 2.41. The fourth-order valence-corrected chi connectivity index (χ4v) is 3.82. The molecule has 0 radical (unpaired) electrons. The summed E-state index contributed by atoms with van der Waals surface area (Å²) in [6, 6.07) is 2.69. The van der Waals surface area contributed by atoms with Crippen LogP contribution in [0.15, 0.2) is 22.7 Å². The summed E-state index contributed by atoms with van der Waals surface area (Å²) in [4.78, 5) is 24.8. The number of halogens is 2. The van der Waals surface area contributed by atoms with Gasteiger partial charge in [-0.3, -0.25) is 4.90 Å². The zero-order valence-electron chi connectivity index (χ0n) is 11.2. The number of nitrogens with zero attached hydrogens (tertiary/aromatic N) is 1. The van der Waals surface area contributed by atoms with Crippen molar-refractivity contribution in [3.63, 3.8) is 0 Å². The van der Waals surface area contributed by atoms with E-state index in [9.17, 15) is 19.1 Å². The highest BCUT2D eigenvalue weighted by Crippen LogP contribution is 2.32. The maximum atomic E-state index is 13.7. The molecule has 0 spiro atoms. The standard InChI is InChI=1S/C13H14BrFN2O3S/c1-2-11-17(10(6-21-11)12(18)19)13(20)16-9-5-7(14)3-4-8(9)15/h3-5,10-11H,2,6H2,1H3,(H,16,20)(H,18,19). The summed E-state index contributed by atoms with van der Waals surface area (Å²) < 4.78 is 14.3. The van der Waals surface area contributed by atoms with E-state index in [1.807, 2.05) is 6.92 Å². The number of urea groups is 1. The van der Waals surface area contributed by atoms with Crippen LogP contribution in [0.1, 0.15) is 13.3 Å². The average Bonchev–Trinajstić information content (AvgIpc) is 2.87. The summed E-state index contributed by atoms with van der Waals surface area (Å²) >= 11 is 4.61. The van der Waals surface area contributed by atoms with E-state index in [2.05, 4.69) is 21.2 Å². The Morgan fingerprint density at radius 3 is 2.90 bits per heavy atom. The largest absolute Gasteiger partial charge is 0.480 e. The molecule has 0 aromatic heterocycles. The van der Waals surface area contributed by atoms with Crippen LogP contribution in [0.5, 0.6) is 0 Å². The Bertz CT molecular complexity index is 572. The summed E-state index contributed by atoms with van der Waals surface area (Å²) in [6.07, 6.45) is 0.628. The number of anilines is 1. The first-order chi connectivity index (χ1) is 9.93. The maximum absolute atomic E-state index is 13.7. The molecule has 0 aliphatic carbocycles. The van der Waals surface area contributed by atoms with Crippen LogP contribution < -0.4 is 5.32 Å². The minimum Gasteiger partial charge on any atom is -0.480 e. The quantitative estimate of drug-likeness (QED) is 0.848. The van der Waals surface area contributed by atoms with Crippen molar-refractivity contribution >= 4 is 45.4 Å². The van der Waals surface area contributed by atoms with Crippen molar-refractivity contribution in [2.45, 2.75) is 24.8 Å². The second-order valence-corrected chi connectivity index (χ2v) is 6.64. The fraction of sp³-hybridized carbons (Fsp3) is 0.385. The van der Waals surface area contributed by atoms with Crippen molar-refractivity contribution in [3.8, 4) is 0 Å². The number of nitrogens with one attached hydrogen (secondary N) is 1. The van der Waals surface area contributed by atoms with Gasteiger partial charge in [-0.25, -0.2) is 14.0 Å². The van der Waals surface area contributed by atoms with Crippen LogP contribution in [0.3, 0.4) is 0 Å². The molecule has 1 aliphatic heterocycles. The van der Waals surface area contributed by atoms with Crippen LogP contribution in [-0.4, -0.2) is 39.2 Å². The molecule has 2 N–H and O–H groups in total. The van der Waals surface area contributed by atoms with E-state index in [4.69, 9.17) is 0 Å². The predicted molar refractivity (Wildman–Crippen MR) is 82.9 cm³/mol. The van der Waals surface area contributed by atoms with Crippen LogP contribution in [0, 0.1) is 5.82 Å². The molecule has 1 fully saturated rings. The summed E-state index contributed by atoms with van der Waals surface area (Å²) in [5, 5.41) is 11.4. The molecule has 0 saturated carbocycles. The van der Waals surface area contributed by atoms with Gasteiger partial charge in [-0.15, -0.1) is 11.8 Å². The summed E-state index contributed by atoms with van der Waals surface area (Å²) in [5.74, 6) is -1.29. The molecule has 2 amide bonds. The molecule has 1 saturated heterocycles. The lowest BCUT2D eigenvalue weighted by atomic mass is 10.2. The Hall–Kier alpha value is -1.28. The van der Waals surface area contributed by atoms with E-state index < -0.39 is 23.9 Å². The normalized spacial score (nSPS) is 21.4. The Balaban J connectivity index is 2.21. The molecule has 2 unspecified atom stereocenters. The van der Waals surface area contributed by atoms with Gasteiger partial charge in [0.15, 0.2) is 0 Å². The van der Waals surface area contributed by atoms with Crippen LogP contribution in [0.2, 0.25) is 0 Å². The average molecular weight is 377 g/mol. The molecule has 1 aromatic carbocycles. The van der Waals surface area contributed by atoms with Gasteiger partial charge >= 0.3 is 12.0 Å². The molecule has 2 rings (SSSR count). The number of thioether (sulfide) groups is 1. The summed E-state index contributed by atoms with van der Waals surface area (Å²) in [6.45, 7) is 1.88. The van der Waals surface area contributed by atoms with Gasteiger partial charge < -0.3 is 10.4 Å². The number of hydrogen-bond acceptors (Lipinski definition) is 3. The van der Waals surface area contributed by atoms with Gasteiger partial charge in [0.05, 0.1) is 11.1 Å². The third-order valence-corrected chi connectivity index (χ3v) is 5.08. The Morgan fingerprint density at radius 2 is 2.29 bits per heavy atom. The van der Waals surface area contributed by atoms with E-state index in [1.54, 1.807) is 0 Å². The molecule has 1 heterocycles. The number of rotatable bonds is 3. The van der Waals surface area contributed by atoms with Crippen molar-refractivity contribution in [1.29, 1.82) is 0 Å². The molecule has 1 aliphatic rings. The zero-order chi connectivity index (χ0) is 15.6. The molecule has 8 heteroatoms. The van der Waals surface area contributed by atoms with Gasteiger partial charge in [-0.2, -0.15) is 0 Å². The number of carboxylic acids is 1. The van der Waals surface area contributed by atoms with E-state index in [-0.39, 0.29) is 11.1 Å². The zero-order valence-corrected chi connectivity index (χ0v) is 13.6. The number of carbonyl (C=O) groups is 2. The van der Waals surface area contributed by atoms with Crippen molar-refractivity contribution in [2.24, 2.45) is 0 Å². The van der Waals surface area contributed by atoms with Crippen LogP contribution in [-0.2, 0) is 4.79 Å². The molecular formula is C13H14BrFN2O3S. The topological polar surface area (TPSA) is 69.6 Å². The smallest absolute Gasteiger partial charge is 0.327 e. The van der Waals surface area contributed by atoms with Crippen LogP contribution in [0.25, 0.3) is 0 Å². The van der Waals surface area contributed by atoms with Gasteiger partial charge in [0.25, 0.3) is 0 Å². The molecule has 0 bridgehead atoms. The SMILES string of the molecule is CCC1SCC(C(=O)O)N1C(=O)Nc1cc(Br)ccc1F.